The summed E-state index contributed by atoms with van der Waals surface area (Å²) in [7, 11) is 0.443. The van der Waals surface area contributed by atoms with E-state index in [-0.39, 0.29) is 16.1 Å². The summed E-state index contributed by atoms with van der Waals surface area (Å²) in [6.07, 6.45) is 0. The maximum atomic E-state index is 12.8. The fourth-order valence-electron chi connectivity index (χ4n) is 2.87. The number of nitrogens with one attached hydrogen (secondary N) is 2. The van der Waals surface area contributed by atoms with E-state index in [0.29, 0.717) is 28.0 Å². The predicted molar refractivity (Wildman–Crippen MR) is 123 cm³/mol. The molecule has 0 heterocycles. The monoisotopic (exact) mass is 476 g/mol. The third-order valence-corrected chi connectivity index (χ3v) is 6.10. The summed E-state index contributed by atoms with van der Waals surface area (Å²) in [5, 5.41) is 3.08. The molecule has 0 saturated heterocycles. The van der Waals surface area contributed by atoms with Gasteiger partial charge >= 0.3 is 0 Å². The second-order valence-corrected chi connectivity index (χ2v) is 8.61. The Bertz CT molecular complexity index is 1230. The van der Waals surface area contributed by atoms with Gasteiger partial charge in [-0.1, -0.05) is 11.6 Å². The van der Waals surface area contributed by atoms with Crippen molar-refractivity contribution in [3.8, 4) is 17.2 Å². The molecule has 1 amide bonds. The molecule has 0 aromatic heterocycles. The number of benzene rings is 3. The summed E-state index contributed by atoms with van der Waals surface area (Å²) >= 11 is 5.97. The van der Waals surface area contributed by atoms with Gasteiger partial charge in [-0.15, -0.1) is 0 Å². The van der Waals surface area contributed by atoms with Gasteiger partial charge in [0.2, 0.25) is 0 Å². The number of hydrogen-bond acceptors (Lipinski definition) is 6. The number of ether oxygens (including phenoxy) is 3. The average Bonchev–Trinajstić information content (AvgIpc) is 2.79. The Balaban J connectivity index is 1.79. The normalized spacial score (nSPS) is 10.9. The van der Waals surface area contributed by atoms with Gasteiger partial charge in [-0.25, -0.2) is 8.42 Å². The summed E-state index contributed by atoms with van der Waals surface area (Å²) in [6.45, 7) is 0. The summed E-state index contributed by atoms with van der Waals surface area (Å²) in [6, 6.07) is 15.2. The average molecular weight is 477 g/mol. The molecule has 2 N–H and O–H groups in total. The van der Waals surface area contributed by atoms with Crippen LogP contribution >= 0.6 is 11.6 Å². The standard InChI is InChI=1S/C22H21ClN2O6S/c1-29-16-7-11-21(31-3)19(13-16)25-32(27,28)17-8-5-15(6-9-17)24-22(26)18-12-14(23)4-10-20(18)30-2/h4-13,25H,1-3H3,(H,24,26). The third-order valence-electron chi connectivity index (χ3n) is 4.48. The molecule has 0 bridgehead atoms. The topological polar surface area (TPSA) is 103 Å². The molecule has 0 unspecified atom stereocenters. The van der Waals surface area contributed by atoms with E-state index >= 15 is 0 Å². The van der Waals surface area contributed by atoms with Crippen molar-refractivity contribution in [2.75, 3.05) is 31.4 Å². The molecule has 0 spiro atoms. The maximum absolute atomic E-state index is 12.8. The summed E-state index contributed by atoms with van der Waals surface area (Å²) in [4.78, 5) is 12.6. The van der Waals surface area contributed by atoms with E-state index in [9.17, 15) is 13.2 Å². The number of methoxy groups -OCH3 is 3. The zero-order valence-electron chi connectivity index (χ0n) is 17.5. The lowest BCUT2D eigenvalue weighted by Gasteiger charge is -2.14. The molecule has 0 fully saturated rings. The number of rotatable bonds is 8. The fourth-order valence-corrected chi connectivity index (χ4v) is 4.10. The molecule has 168 valence electrons. The van der Waals surface area contributed by atoms with E-state index in [0.717, 1.165) is 0 Å². The Kier molecular flexibility index (Phi) is 7.12. The highest BCUT2D eigenvalue weighted by atomic mass is 35.5. The molecule has 32 heavy (non-hydrogen) atoms. The summed E-state index contributed by atoms with van der Waals surface area (Å²) < 4.78 is 43.7. The van der Waals surface area contributed by atoms with Crippen LogP contribution in [0.2, 0.25) is 5.02 Å². The molecular weight excluding hydrogens is 456 g/mol. The van der Waals surface area contributed by atoms with E-state index in [4.69, 9.17) is 25.8 Å². The second-order valence-electron chi connectivity index (χ2n) is 6.49. The first-order chi connectivity index (χ1) is 15.3. The smallest absolute Gasteiger partial charge is 0.262 e. The first kappa shape index (κ1) is 23.2. The molecule has 0 saturated carbocycles. The number of amides is 1. The Morgan fingerprint density at radius 3 is 2.12 bits per heavy atom. The van der Waals surface area contributed by atoms with Crippen LogP contribution in [0.15, 0.2) is 65.6 Å². The van der Waals surface area contributed by atoms with Crippen LogP contribution in [-0.4, -0.2) is 35.7 Å². The van der Waals surface area contributed by atoms with Crippen LogP contribution in [0.5, 0.6) is 17.2 Å². The van der Waals surface area contributed by atoms with Gasteiger partial charge in [-0.05, 0) is 54.6 Å². The summed E-state index contributed by atoms with van der Waals surface area (Å²) in [5.74, 6) is 0.730. The number of anilines is 2. The molecule has 3 aromatic carbocycles. The third kappa shape index (κ3) is 5.24. The molecule has 3 rings (SSSR count). The van der Waals surface area contributed by atoms with Crippen molar-refractivity contribution in [1.29, 1.82) is 0 Å². The summed E-state index contributed by atoms with van der Waals surface area (Å²) in [5.41, 5.74) is 0.885. The number of hydrogen-bond donors (Lipinski definition) is 2. The van der Waals surface area contributed by atoms with Crippen LogP contribution < -0.4 is 24.2 Å². The molecule has 3 aromatic rings. The minimum Gasteiger partial charge on any atom is -0.497 e. The van der Waals surface area contributed by atoms with Gasteiger partial charge in [-0.3, -0.25) is 9.52 Å². The lowest BCUT2D eigenvalue weighted by Crippen LogP contribution is -2.15. The molecule has 0 aliphatic carbocycles. The largest absolute Gasteiger partial charge is 0.497 e. The number of carbonyl (C=O) groups excluding carboxylic acids is 1. The van der Waals surface area contributed by atoms with E-state index in [1.807, 2.05) is 0 Å². The molecule has 0 atom stereocenters. The van der Waals surface area contributed by atoms with Gasteiger partial charge in [-0.2, -0.15) is 0 Å². The van der Waals surface area contributed by atoms with Gasteiger partial charge in [0.25, 0.3) is 15.9 Å². The van der Waals surface area contributed by atoms with Crippen molar-refractivity contribution in [3.63, 3.8) is 0 Å². The zero-order valence-corrected chi connectivity index (χ0v) is 19.1. The molecule has 8 nitrogen and oxygen atoms in total. The SMILES string of the molecule is COc1ccc(OC)c(NS(=O)(=O)c2ccc(NC(=O)c3cc(Cl)ccc3OC)cc2)c1. The fraction of sp³-hybridized carbons (Fsp3) is 0.136. The van der Waals surface area contributed by atoms with Crippen molar-refractivity contribution in [2.45, 2.75) is 4.90 Å². The van der Waals surface area contributed by atoms with Crippen LogP contribution in [0, 0.1) is 0 Å². The van der Waals surface area contributed by atoms with Crippen LogP contribution in [0.4, 0.5) is 11.4 Å². The van der Waals surface area contributed by atoms with Crippen LogP contribution in [0.1, 0.15) is 10.4 Å². The quantitative estimate of drug-likeness (QED) is 0.499. The molecule has 10 heteroatoms. The minimum atomic E-state index is -3.92. The van der Waals surface area contributed by atoms with Crippen LogP contribution in [-0.2, 0) is 10.0 Å². The lowest BCUT2D eigenvalue weighted by atomic mass is 10.2. The first-order valence-corrected chi connectivity index (χ1v) is 11.1. The highest BCUT2D eigenvalue weighted by Gasteiger charge is 2.18. The molecule has 0 aliphatic rings. The lowest BCUT2D eigenvalue weighted by molar-refractivity contribution is 0.102. The van der Waals surface area contributed by atoms with Gasteiger partial charge in [0.1, 0.15) is 17.2 Å². The number of carbonyl (C=O) groups is 1. The van der Waals surface area contributed by atoms with E-state index in [1.54, 1.807) is 24.3 Å². The van der Waals surface area contributed by atoms with Gasteiger partial charge < -0.3 is 19.5 Å². The highest BCUT2D eigenvalue weighted by Crippen LogP contribution is 2.31. The van der Waals surface area contributed by atoms with Crippen LogP contribution in [0.25, 0.3) is 0 Å². The predicted octanol–water partition coefficient (Wildman–Crippen LogP) is 4.42. The number of sulfonamides is 1. The van der Waals surface area contributed by atoms with E-state index in [2.05, 4.69) is 10.0 Å². The Hall–Kier alpha value is -3.43. The van der Waals surface area contributed by atoms with Crippen molar-refractivity contribution in [3.05, 3.63) is 71.2 Å². The van der Waals surface area contributed by atoms with E-state index in [1.165, 1.54) is 57.7 Å². The van der Waals surface area contributed by atoms with Crippen molar-refractivity contribution >= 4 is 38.9 Å². The highest BCUT2D eigenvalue weighted by molar-refractivity contribution is 7.92. The van der Waals surface area contributed by atoms with Gasteiger partial charge in [0.15, 0.2) is 0 Å². The molecule has 0 radical (unpaired) electrons. The Morgan fingerprint density at radius 1 is 0.844 bits per heavy atom. The number of halogens is 1. The van der Waals surface area contributed by atoms with Crippen molar-refractivity contribution in [1.82, 2.24) is 0 Å². The van der Waals surface area contributed by atoms with Gasteiger partial charge in [0.05, 0.1) is 37.5 Å². The van der Waals surface area contributed by atoms with Gasteiger partial charge in [0, 0.05) is 16.8 Å². The minimum absolute atomic E-state index is 0.000656. The Labute approximate surface area is 191 Å². The zero-order chi connectivity index (χ0) is 23.3. The Morgan fingerprint density at radius 2 is 1.50 bits per heavy atom. The molecule has 0 aliphatic heterocycles. The van der Waals surface area contributed by atoms with Crippen molar-refractivity contribution < 1.29 is 27.4 Å². The van der Waals surface area contributed by atoms with Crippen LogP contribution in [0.3, 0.4) is 0 Å². The second kappa shape index (κ2) is 9.80. The van der Waals surface area contributed by atoms with Crippen molar-refractivity contribution in [2.24, 2.45) is 0 Å². The maximum Gasteiger partial charge on any atom is 0.262 e. The first-order valence-electron chi connectivity index (χ1n) is 9.27. The molecular formula is C22H21ClN2O6S. The van der Waals surface area contributed by atoms with E-state index < -0.39 is 15.9 Å².